The van der Waals surface area contributed by atoms with E-state index in [1.54, 1.807) is 14.2 Å². The first-order valence-electron chi connectivity index (χ1n) is 5.34. The summed E-state index contributed by atoms with van der Waals surface area (Å²) in [4.78, 5) is 4.16. The van der Waals surface area contributed by atoms with Crippen LogP contribution < -0.4 is 15.2 Å². The zero-order valence-electron chi connectivity index (χ0n) is 10.2. The summed E-state index contributed by atoms with van der Waals surface area (Å²) < 4.78 is 10.4. The van der Waals surface area contributed by atoms with Gasteiger partial charge in [0.1, 0.15) is 0 Å². The molecule has 2 rings (SSSR count). The Labute approximate surface area is 110 Å². The summed E-state index contributed by atoms with van der Waals surface area (Å²) in [6.07, 6.45) is 3.87. The van der Waals surface area contributed by atoms with E-state index in [0.717, 1.165) is 11.3 Å². The van der Waals surface area contributed by atoms with Crippen LogP contribution in [0.4, 0.5) is 5.13 Å². The molecule has 0 unspecified atom stereocenters. The Balaban J connectivity index is 2.21. The number of anilines is 1. The van der Waals surface area contributed by atoms with Crippen LogP contribution in [-0.2, 0) is 0 Å². The van der Waals surface area contributed by atoms with Crippen LogP contribution in [-0.4, -0.2) is 19.2 Å². The standard InChI is InChI=1S/C13H14N2O2S/c1-16-11-6-4-9(7-12(11)17-2)3-5-10-8-18-13(14)15-10/h3-8H,1-2H3,(H2,14,15). The van der Waals surface area contributed by atoms with E-state index in [-0.39, 0.29) is 0 Å². The lowest BCUT2D eigenvalue weighted by Crippen LogP contribution is -1.90. The molecule has 2 N–H and O–H groups in total. The van der Waals surface area contributed by atoms with Crippen molar-refractivity contribution in [2.24, 2.45) is 0 Å². The molecule has 0 saturated heterocycles. The topological polar surface area (TPSA) is 57.4 Å². The van der Waals surface area contributed by atoms with Gasteiger partial charge in [0.25, 0.3) is 0 Å². The van der Waals surface area contributed by atoms with Gasteiger partial charge in [0, 0.05) is 5.38 Å². The van der Waals surface area contributed by atoms with Crippen molar-refractivity contribution in [1.29, 1.82) is 0 Å². The number of nitrogens with zero attached hydrogens (tertiary/aromatic N) is 1. The van der Waals surface area contributed by atoms with Gasteiger partial charge in [0.2, 0.25) is 0 Å². The number of benzene rings is 1. The fraction of sp³-hybridized carbons (Fsp3) is 0.154. The highest BCUT2D eigenvalue weighted by atomic mass is 32.1. The van der Waals surface area contributed by atoms with Crippen LogP contribution in [0.15, 0.2) is 23.6 Å². The molecule has 0 bridgehead atoms. The van der Waals surface area contributed by atoms with Crippen LogP contribution >= 0.6 is 11.3 Å². The average Bonchev–Trinajstić information content (AvgIpc) is 2.81. The zero-order chi connectivity index (χ0) is 13.0. The number of hydrogen-bond donors (Lipinski definition) is 1. The number of methoxy groups -OCH3 is 2. The maximum atomic E-state index is 5.57. The van der Waals surface area contributed by atoms with Gasteiger partial charge in [-0.15, -0.1) is 11.3 Å². The summed E-state index contributed by atoms with van der Waals surface area (Å²) in [5.74, 6) is 1.42. The summed E-state index contributed by atoms with van der Waals surface area (Å²) in [6, 6.07) is 5.73. The van der Waals surface area contributed by atoms with Crippen molar-refractivity contribution in [3.8, 4) is 11.5 Å². The normalized spacial score (nSPS) is 10.8. The van der Waals surface area contributed by atoms with E-state index in [4.69, 9.17) is 15.2 Å². The quantitative estimate of drug-likeness (QED) is 0.920. The van der Waals surface area contributed by atoms with Crippen LogP contribution in [0.3, 0.4) is 0 Å². The van der Waals surface area contributed by atoms with E-state index in [1.807, 2.05) is 35.7 Å². The molecular formula is C13H14N2O2S. The minimum absolute atomic E-state index is 0.571. The number of hydrogen-bond acceptors (Lipinski definition) is 5. The minimum Gasteiger partial charge on any atom is -0.493 e. The molecule has 94 valence electrons. The highest BCUT2D eigenvalue weighted by Gasteiger charge is 2.02. The highest BCUT2D eigenvalue weighted by Crippen LogP contribution is 2.28. The van der Waals surface area contributed by atoms with Crippen molar-refractivity contribution >= 4 is 28.6 Å². The Morgan fingerprint density at radius 3 is 2.56 bits per heavy atom. The van der Waals surface area contributed by atoms with Gasteiger partial charge in [-0.25, -0.2) is 4.98 Å². The maximum Gasteiger partial charge on any atom is 0.180 e. The van der Waals surface area contributed by atoms with Gasteiger partial charge >= 0.3 is 0 Å². The molecule has 2 aromatic rings. The first-order chi connectivity index (χ1) is 8.72. The third-order valence-electron chi connectivity index (χ3n) is 2.39. The lowest BCUT2D eigenvalue weighted by Gasteiger charge is -2.07. The molecule has 0 aliphatic rings. The molecule has 0 fully saturated rings. The number of rotatable bonds is 4. The lowest BCUT2D eigenvalue weighted by molar-refractivity contribution is 0.355. The molecule has 0 radical (unpaired) electrons. The van der Waals surface area contributed by atoms with Gasteiger partial charge in [-0.2, -0.15) is 0 Å². The molecule has 1 aromatic carbocycles. The zero-order valence-corrected chi connectivity index (χ0v) is 11.0. The number of ether oxygens (including phenoxy) is 2. The monoisotopic (exact) mass is 262 g/mol. The molecular weight excluding hydrogens is 248 g/mol. The lowest BCUT2D eigenvalue weighted by atomic mass is 10.2. The van der Waals surface area contributed by atoms with Crippen molar-refractivity contribution in [2.75, 3.05) is 20.0 Å². The second kappa shape index (κ2) is 5.55. The average molecular weight is 262 g/mol. The molecule has 0 spiro atoms. The molecule has 0 amide bonds. The van der Waals surface area contributed by atoms with E-state index in [0.29, 0.717) is 16.6 Å². The van der Waals surface area contributed by atoms with Gasteiger partial charge < -0.3 is 15.2 Å². The van der Waals surface area contributed by atoms with Crippen molar-refractivity contribution in [3.63, 3.8) is 0 Å². The van der Waals surface area contributed by atoms with Gasteiger partial charge in [-0.05, 0) is 23.8 Å². The molecule has 0 aliphatic heterocycles. The number of nitrogen functional groups attached to an aromatic ring is 1. The van der Waals surface area contributed by atoms with Crippen LogP contribution in [0.5, 0.6) is 11.5 Å². The van der Waals surface area contributed by atoms with Crippen molar-refractivity contribution < 1.29 is 9.47 Å². The van der Waals surface area contributed by atoms with E-state index in [1.165, 1.54) is 11.3 Å². The fourth-order valence-corrected chi connectivity index (χ4v) is 2.05. The van der Waals surface area contributed by atoms with E-state index in [2.05, 4.69) is 4.98 Å². The molecule has 4 nitrogen and oxygen atoms in total. The van der Waals surface area contributed by atoms with Gasteiger partial charge in [0.05, 0.1) is 19.9 Å². The summed E-state index contributed by atoms with van der Waals surface area (Å²) >= 11 is 1.42. The van der Waals surface area contributed by atoms with Gasteiger partial charge in [-0.3, -0.25) is 0 Å². The van der Waals surface area contributed by atoms with E-state index in [9.17, 15) is 0 Å². The first-order valence-corrected chi connectivity index (χ1v) is 6.22. The Morgan fingerprint density at radius 2 is 1.94 bits per heavy atom. The number of aromatic nitrogens is 1. The van der Waals surface area contributed by atoms with Crippen LogP contribution in [0.25, 0.3) is 12.2 Å². The van der Waals surface area contributed by atoms with E-state index < -0.39 is 0 Å². The highest BCUT2D eigenvalue weighted by molar-refractivity contribution is 7.13. The van der Waals surface area contributed by atoms with Gasteiger partial charge in [-0.1, -0.05) is 12.1 Å². The predicted octanol–water partition coefficient (Wildman–Crippen LogP) is 2.91. The van der Waals surface area contributed by atoms with Crippen LogP contribution in [0.2, 0.25) is 0 Å². The minimum atomic E-state index is 0.571. The third-order valence-corrected chi connectivity index (χ3v) is 3.09. The fourth-order valence-electron chi connectivity index (χ4n) is 1.52. The SMILES string of the molecule is COc1ccc(C=Cc2csc(N)n2)cc1OC. The summed E-state index contributed by atoms with van der Waals surface area (Å²) in [7, 11) is 3.23. The van der Waals surface area contributed by atoms with Gasteiger partial charge in [0.15, 0.2) is 16.6 Å². The van der Waals surface area contributed by atoms with Crippen LogP contribution in [0.1, 0.15) is 11.3 Å². The number of nitrogens with two attached hydrogens (primary N) is 1. The largest absolute Gasteiger partial charge is 0.493 e. The third kappa shape index (κ3) is 2.81. The molecule has 5 heteroatoms. The summed E-state index contributed by atoms with van der Waals surface area (Å²) in [5.41, 5.74) is 7.44. The van der Waals surface area contributed by atoms with Crippen molar-refractivity contribution in [2.45, 2.75) is 0 Å². The predicted molar refractivity (Wildman–Crippen MR) is 75.0 cm³/mol. The van der Waals surface area contributed by atoms with E-state index >= 15 is 0 Å². The molecule has 18 heavy (non-hydrogen) atoms. The Morgan fingerprint density at radius 1 is 1.17 bits per heavy atom. The Bertz CT molecular complexity index is 564. The van der Waals surface area contributed by atoms with Crippen LogP contribution in [0, 0.1) is 0 Å². The molecule has 0 aliphatic carbocycles. The Hall–Kier alpha value is -2.01. The summed E-state index contributed by atoms with van der Waals surface area (Å²) in [5, 5.41) is 2.48. The smallest absolute Gasteiger partial charge is 0.180 e. The maximum absolute atomic E-state index is 5.57. The molecule has 1 heterocycles. The number of thiazole rings is 1. The second-order valence-electron chi connectivity index (χ2n) is 3.56. The Kier molecular flexibility index (Phi) is 3.84. The van der Waals surface area contributed by atoms with Crippen molar-refractivity contribution in [1.82, 2.24) is 4.98 Å². The second-order valence-corrected chi connectivity index (χ2v) is 4.45. The van der Waals surface area contributed by atoms with Crippen molar-refractivity contribution in [3.05, 3.63) is 34.8 Å². The molecule has 0 saturated carbocycles. The summed E-state index contributed by atoms with van der Waals surface area (Å²) in [6.45, 7) is 0. The molecule has 1 aromatic heterocycles. The first kappa shape index (κ1) is 12.4. The molecule has 0 atom stereocenters.